The highest BCUT2D eigenvalue weighted by Gasteiger charge is 2.31. The maximum Gasteiger partial charge on any atom is 0.144 e. The van der Waals surface area contributed by atoms with Gasteiger partial charge in [-0.3, -0.25) is 9.59 Å². The first-order valence-electron chi connectivity index (χ1n) is 2.87. The number of ketones is 2. The quantitative estimate of drug-likeness (QED) is 0.405. The lowest BCUT2D eigenvalue weighted by atomic mass is 10.1. The first-order chi connectivity index (χ1) is 4.25. The second-order valence-corrected chi connectivity index (χ2v) is 2.45. The zero-order chi connectivity index (χ0) is 6.85. The average Bonchev–Trinajstić information content (AvgIpc) is 2.12. The Morgan fingerprint density at radius 2 is 1.78 bits per heavy atom. The van der Waals surface area contributed by atoms with Crippen LogP contribution in [-0.2, 0) is 9.59 Å². The molecule has 1 rings (SSSR count). The largest absolute Gasteiger partial charge is 0.299 e. The van der Waals surface area contributed by atoms with Gasteiger partial charge >= 0.3 is 0 Å². The van der Waals surface area contributed by atoms with E-state index in [1.807, 2.05) is 0 Å². The molecule has 0 heterocycles. The summed E-state index contributed by atoms with van der Waals surface area (Å²) in [4.78, 5) is 21.4. The molecule has 0 spiro atoms. The van der Waals surface area contributed by atoms with E-state index in [2.05, 4.69) is 0 Å². The molecule has 0 unspecified atom stereocenters. The summed E-state index contributed by atoms with van der Waals surface area (Å²) in [5.74, 6) is -0.297. The number of halogens is 1. The van der Waals surface area contributed by atoms with Gasteiger partial charge in [-0.2, -0.15) is 0 Å². The molecular formula is C6H7ClO2. The molecule has 0 atom stereocenters. The number of carbonyl (C=O) groups excluding carboxylic acids is 2. The van der Waals surface area contributed by atoms with E-state index in [4.69, 9.17) is 11.6 Å². The van der Waals surface area contributed by atoms with E-state index < -0.39 is 5.92 Å². The van der Waals surface area contributed by atoms with Gasteiger partial charge in [0, 0.05) is 18.7 Å². The van der Waals surface area contributed by atoms with Crippen LogP contribution >= 0.6 is 11.6 Å². The average molecular weight is 147 g/mol. The Kier molecular flexibility index (Phi) is 1.86. The van der Waals surface area contributed by atoms with Crippen molar-refractivity contribution in [2.45, 2.75) is 12.8 Å². The van der Waals surface area contributed by atoms with Crippen LogP contribution in [0.5, 0.6) is 0 Å². The summed E-state index contributed by atoms with van der Waals surface area (Å²) in [5, 5.41) is 0. The Labute approximate surface area is 58.2 Å². The molecule has 0 amide bonds. The van der Waals surface area contributed by atoms with Gasteiger partial charge < -0.3 is 0 Å². The Balaban J connectivity index is 2.66. The minimum absolute atomic E-state index is 0.00926. The van der Waals surface area contributed by atoms with Gasteiger partial charge in [-0.15, -0.1) is 11.6 Å². The fourth-order valence-corrected chi connectivity index (χ4v) is 1.29. The minimum Gasteiger partial charge on any atom is -0.299 e. The van der Waals surface area contributed by atoms with Crippen molar-refractivity contribution in [1.82, 2.24) is 0 Å². The molecule has 0 N–H and O–H groups in total. The minimum atomic E-state index is -0.480. The molecule has 0 aromatic rings. The zero-order valence-corrected chi connectivity index (χ0v) is 5.65. The second-order valence-electron chi connectivity index (χ2n) is 2.14. The highest BCUT2D eigenvalue weighted by molar-refractivity contribution is 6.23. The topological polar surface area (TPSA) is 34.1 Å². The van der Waals surface area contributed by atoms with E-state index in [-0.39, 0.29) is 17.4 Å². The molecule has 0 bridgehead atoms. The smallest absolute Gasteiger partial charge is 0.144 e. The monoisotopic (exact) mass is 146 g/mol. The highest BCUT2D eigenvalue weighted by atomic mass is 35.5. The van der Waals surface area contributed by atoms with Crippen LogP contribution in [0.1, 0.15) is 12.8 Å². The molecule has 1 aliphatic carbocycles. The summed E-state index contributed by atoms with van der Waals surface area (Å²) in [5.41, 5.74) is 0. The molecule has 50 valence electrons. The number of Topliss-reactive ketones (excluding diaryl/α,β-unsaturated/α-hetero) is 2. The molecule has 1 saturated carbocycles. The van der Waals surface area contributed by atoms with Gasteiger partial charge in [-0.25, -0.2) is 0 Å². The van der Waals surface area contributed by atoms with Crippen molar-refractivity contribution in [3.63, 3.8) is 0 Å². The Hall–Kier alpha value is -0.370. The van der Waals surface area contributed by atoms with Crippen molar-refractivity contribution in [2.75, 3.05) is 5.88 Å². The van der Waals surface area contributed by atoms with Crippen molar-refractivity contribution in [3.05, 3.63) is 0 Å². The Morgan fingerprint density at radius 1 is 1.33 bits per heavy atom. The van der Waals surface area contributed by atoms with Gasteiger partial charge in [-0.1, -0.05) is 0 Å². The van der Waals surface area contributed by atoms with Gasteiger partial charge in [-0.05, 0) is 0 Å². The molecule has 2 nitrogen and oxygen atoms in total. The standard InChI is InChI=1S/C6H7ClO2/c7-3-4-5(8)1-2-6(4)9/h4H,1-3H2. The van der Waals surface area contributed by atoms with Crippen molar-refractivity contribution < 1.29 is 9.59 Å². The van der Waals surface area contributed by atoms with Crippen LogP contribution in [0.25, 0.3) is 0 Å². The molecule has 0 radical (unpaired) electrons. The van der Waals surface area contributed by atoms with Crippen molar-refractivity contribution >= 4 is 23.2 Å². The zero-order valence-electron chi connectivity index (χ0n) is 4.89. The Morgan fingerprint density at radius 3 is 2.00 bits per heavy atom. The number of rotatable bonds is 1. The summed E-state index contributed by atoms with van der Waals surface area (Å²) < 4.78 is 0. The van der Waals surface area contributed by atoms with E-state index in [0.717, 1.165) is 0 Å². The third-order valence-electron chi connectivity index (χ3n) is 1.55. The van der Waals surface area contributed by atoms with Crippen LogP contribution in [-0.4, -0.2) is 17.4 Å². The Bertz CT molecular complexity index is 137. The second kappa shape index (κ2) is 2.48. The van der Waals surface area contributed by atoms with Crippen LogP contribution in [0.3, 0.4) is 0 Å². The molecule has 0 saturated heterocycles. The normalized spacial score (nSPS) is 21.4. The maximum absolute atomic E-state index is 10.7. The van der Waals surface area contributed by atoms with E-state index in [9.17, 15) is 9.59 Å². The first kappa shape index (κ1) is 6.75. The molecule has 1 fully saturated rings. The lowest BCUT2D eigenvalue weighted by Crippen LogP contribution is -2.15. The van der Waals surface area contributed by atoms with E-state index >= 15 is 0 Å². The van der Waals surface area contributed by atoms with Gasteiger partial charge in [0.15, 0.2) is 0 Å². The molecule has 0 aromatic carbocycles. The van der Waals surface area contributed by atoms with Crippen LogP contribution < -0.4 is 0 Å². The summed E-state index contributed by atoms with van der Waals surface area (Å²) >= 11 is 5.36. The van der Waals surface area contributed by atoms with Crippen LogP contribution in [0.2, 0.25) is 0 Å². The molecule has 1 aliphatic rings. The summed E-state index contributed by atoms with van der Waals surface area (Å²) in [6.07, 6.45) is 0.798. The number of hydrogen-bond acceptors (Lipinski definition) is 2. The van der Waals surface area contributed by atoms with E-state index in [0.29, 0.717) is 12.8 Å². The molecule has 0 aromatic heterocycles. The molecule has 0 aliphatic heterocycles. The van der Waals surface area contributed by atoms with Gasteiger partial charge in [0.05, 0.1) is 5.92 Å². The molecule has 3 heteroatoms. The van der Waals surface area contributed by atoms with E-state index in [1.165, 1.54) is 0 Å². The van der Waals surface area contributed by atoms with Crippen LogP contribution in [0.4, 0.5) is 0 Å². The van der Waals surface area contributed by atoms with Crippen LogP contribution in [0.15, 0.2) is 0 Å². The van der Waals surface area contributed by atoms with Crippen molar-refractivity contribution in [1.29, 1.82) is 0 Å². The van der Waals surface area contributed by atoms with Gasteiger partial charge in [0.1, 0.15) is 11.6 Å². The highest BCUT2D eigenvalue weighted by Crippen LogP contribution is 2.18. The van der Waals surface area contributed by atoms with Crippen molar-refractivity contribution in [2.24, 2.45) is 5.92 Å². The summed E-state index contributed by atoms with van der Waals surface area (Å²) in [7, 11) is 0. The van der Waals surface area contributed by atoms with Gasteiger partial charge in [0.2, 0.25) is 0 Å². The number of carbonyl (C=O) groups is 2. The van der Waals surface area contributed by atoms with Crippen LogP contribution in [0, 0.1) is 5.92 Å². The lowest BCUT2D eigenvalue weighted by molar-refractivity contribution is -0.126. The maximum atomic E-state index is 10.7. The fourth-order valence-electron chi connectivity index (χ4n) is 0.947. The van der Waals surface area contributed by atoms with Crippen molar-refractivity contribution in [3.8, 4) is 0 Å². The first-order valence-corrected chi connectivity index (χ1v) is 3.40. The fraction of sp³-hybridized carbons (Fsp3) is 0.667. The predicted molar refractivity (Wildman–Crippen MR) is 33.5 cm³/mol. The summed E-state index contributed by atoms with van der Waals surface area (Å²) in [6, 6.07) is 0. The predicted octanol–water partition coefficient (Wildman–Crippen LogP) is 0.773. The SMILES string of the molecule is O=C1CCC(=O)C1CCl. The third kappa shape index (κ3) is 1.13. The lowest BCUT2D eigenvalue weighted by Gasteiger charge is -1.96. The third-order valence-corrected chi connectivity index (χ3v) is 1.86. The molecular weight excluding hydrogens is 140 g/mol. The summed E-state index contributed by atoms with van der Waals surface area (Å²) in [6.45, 7) is 0. The van der Waals surface area contributed by atoms with E-state index in [1.54, 1.807) is 0 Å². The molecule has 9 heavy (non-hydrogen) atoms. The van der Waals surface area contributed by atoms with Gasteiger partial charge in [0.25, 0.3) is 0 Å². The number of alkyl halides is 1. The number of hydrogen-bond donors (Lipinski definition) is 0.